The van der Waals surface area contributed by atoms with Gasteiger partial charge < -0.3 is 24.8 Å². The fourth-order valence-electron chi connectivity index (χ4n) is 3.70. The predicted molar refractivity (Wildman–Crippen MR) is 116 cm³/mol. The monoisotopic (exact) mass is 414 g/mol. The number of anilines is 3. The van der Waals surface area contributed by atoms with Gasteiger partial charge in [0.15, 0.2) is 0 Å². The van der Waals surface area contributed by atoms with E-state index in [0.717, 1.165) is 55.2 Å². The van der Waals surface area contributed by atoms with Gasteiger partial charge in [-0.25, -0.2) is 9.97 Å². The third-order valence-corrected chi connectivity index (χ3v) is 5.15. The molecule has 8 nitrogen and oxygen atoms in total. The Morgan fingerprint density at radius 1 is 1.27 bits per heavy atom. The molecule has 8 heteroatoms. The second-order valence-electron chi connectivity index (χ2n) is 7.19. The lowest BCUT2D eigenvalue weighted by Gasteiger charge is -2.36. The van der Waals surface area contributed by atoms with Crippen LogP contribution in [0.15, 0.2) is 30.6 Å². The number of nitrogens with zero attached hydrogens (tertiary/aromatic N) is 3. The highest BCUT2D eigenvalue weighted by Gasteiger charge is 2.23. The molecule has 2 N–H and O–H groups in total. The van der Waals surface area contributed by atoms with Crippen molar-refractivity contribution in [3.63, 3.8) is 0 Å². The van der Waals surface area contributed by atoms with Gasteiger partial charge in [-0.1, -0.05) is 6.07 Å². The summed E-state index contributed by atoms with van der Waals surface area (Å²) >= 11 is 0. The SMILES string of the molecule is CCOc1ncc(Nc2cc(CCC(=O)O)ccc2N(CC)C2CCOCC2)cn1. The third-order valence-electron chi connectivity index (χ3n) is 5.15. The van der Waals surface area contributed by atoms with E-state index in [1.807, 2.05) is 19.1 Å². The number of aromatic nitrogens is 2. The molecule has 0 amide bonds. The van der Waals surface area contributed by atoms with Crippen molar-refractivity contribution >= 4 is 23.0 Å². The number of hydrogen-bond acceptors (Lipinski definition) is 7. The van der Waals surface area contributed by atoms with Crippen LogP contribution >= 0.6 is 0 Å². The van der Waals surface area contributed by atoms with E-state index >= 15 is 0 Å². The lowest BCUT2D eigenvalue weighted by atomic mass is 10.0. The Morgan fingerprint density at radius 2 is 2.00 bits per heavy atom. The van der Waals surface area contributed by atoms with Gasteiger partial charge >= 0.3 is 12.0 Å². The first-order valence-corrected chi connectivity index (χ1v) is 10.5. The smallest absolute Gasteiger partial charge is 0.316 e. The first kappa shape index (κ1) is 21.8. The zero-order valence-electron chi connectivity index (χ0n) is 17.6. The highest BCUT2D eigenvalue weighted by Crippen LogP contribution is 2.33. The number of carboxylic acids is 1. The summed E-state index contributed by atoms with van der Waals surface area (Å²) in [5.41, 5.74) is 3.72. The summed E-state index contributed by atoms with van der Waals surface area (Å²) in [6.07, 6.45) is 5.93. The number of ether oxygens (including phenoxy) is 2. The molecule has 1 aromatic carbocycles. The molecule has 1 fully saturated rings. The molecule has 1 aliphatic rings. The normalized spacial score (nSPS) is 14.3. The number of hydrogen-bond donors (Lipinski definition) is 2. The van der Waals surface area contributed by atoms with E-state index in [9.17, 15) is 4.79 Å². The van der Waals surface area contributed by atoms with E-state index in [2.05, 4.69) is 33.2 Å². The summed E-state index contributed by atoms with van der Waals surface area (Å²) in [5.74, 6) is -0.800. The molecule has 3 rings (SSSR count). The number of carboxylic acid groups (broad SMARTS) is 1. The van der Waals surface area contributed by atoms with Crippen LogP contribution in [0.4, 0.5) is 17.1 Å². The van der Waals surface area contributed by atoms with Crippen LogP contribution in [0, 0.1) is 0 Å². The molecule has 0 spiro atoms. The van der Waals surface area contributed by atoms with Crippen LogP contribution in [0.25, 0.3) is 0 Å². The molecule has 162 valence electrons. The number of carbonyl (C=O) groups is 1. The predicted octanol–water partition coefficient (Wildman–Crippen LogP) is 3.64. The summed E-state index contributed by atoms with van der Waals surface area (Å²) in [6.45, 7) is 6.96. The van der Waals surface area contributed by atoms with Crippen LogP contribution in [-0.4, -0.2) is 53.5 Å². The van der Waals surface area contributed by atoms with Crippen molar-refractivity contribution in [2.24, 2.45) is 0 Å². The first-order chi connectivity index (χ1) is 14.6. The van der Waals surface area contributed by atoms with Gasteiger partial charge in [0.05, 0.1) is 36.1 Å². The number of nitrogens with one attached hydrogen (secondary N) is 1. The summed E-state index contributed by atoms with van der Waals surface area (Å²) in [7, 11) is 0. The van der Waals surface area contributed by atoms with Crippen LogP contribution in [0.1, 0.15) is 38.7 Å². The molecule has 0 saturated carbocycles. The zero-order valence-corrected chi connectivity index (χ0v) is 17.6. The maximum atomic E-state index is 11.0. The van der Waals surface area contributed by atoms with Crippen LogP contribution in [0.3, 0.4) is 0 Å². The summed E-state index contributed by atoms with van der Waals surface area (Å²) in [4.78, 5) is 21.8. The second kappa shape index (κ2) is 10.8. The van der Waals surface area contributed by atoms with E-state index in [1.54, 1.807) is 12.4 Å². The number of benzene rings is 1. The molecule has 1 aromatic heterocycles. The summed E-state index contributed by atoms with van der Waals surface area (Å²) in [5, 5.41) is 12.5. The Hall–Kier alpha value is -2.87. The highest BCUT2D eigenvalue weighted by molar-refractivity contribution is 5.76. The van der Waals surface area contributed by atoms with Crippen molar-refractivity contribution in [2.75, 3.05) is 36.6 Å². The van der Waals surface area contributed by atoms with E-state index in [0.29, 0.717) is 25.1 Å². The fourth-order valence-corrected chi connectivity index (χ4v) is 3.70. The molecule has 0 atom stereocenters. The van der Waals surface area contributed by atoms with Gasteiger partial charge in [0, 0.05) is 32.2 Å². The van der Waals surface area contributed by atoms with Crippen LogP contribution < -0.4 is 15.0 Å². The number of aliphatic carboxylic acids is 1. The molecule has 0 unspecified atom stereocenters. The minimum Gasteiger partial charge on any atom is -0.481 e. The van der Waals surface area contributed by atoms with Gasteiger partial charge in [0.1, 0.15) is 0 Å². The summed E-state index contributed by atoms with van der Waals surface area (Å²) < 4.78 is 10.9. The van der Waals surface area contributed by atoms with Crippen molar-refractivity contribution in [1.29, 1.82) is 0 Å². The van der Waals surface area contributed by atoms with Gasteiger partial charge in [0.25, 0.3) is 0 Å². The standard InChI is InChI=1S/C22H30N4O4/c1-3-26(18-9-11-29-12-10-18)20-7-5-16(6-8-21(27)28)13-19(20)25-17-14-23-22(24-15-17)30-4-2/h5,7,13-15,18,25H,3-4,6,8-12H2,1-2H3,(H,27,28). The molecule has 30 heavy (non-hydrogen) atoms. The Kier molecular flexibility index (Phi) is 7.84. The molecule has 1 saturated heterocycles. The van der Waals surface area contributed by atoms with Crippen molar-refractivity contribution in [1.82, 2.24) is 9.97 Å². The molecule has 0 aliphatic carbocycles. The van der Waals surface area contributed by atoms with Crippen LogP contribution in [0.2, 0.25) is 0 Å². The van der Waals surface area contributed by atoms with Gasteiger partial charge in [-0.05, 0) is 50.8 Å². The van der Waals surface area contributed by atoms with Gasteiger partial charge in [-0.3, -0.25) is 4.79 Å². The fraction of sp³-hybridized carbons (Fsp3) is 0.500. The molecule has 0 radical (unpaired) electrons. The Labute approximate surface area is 177 Å². The quantitative estimate of drug-likeness (QED) is 0.608. The minimum absolute atomic E-state index is 0.0996. The summed E-state index contributed by atoms with van der Waals surface area (Å²) in [6, 6.07) is 6.87. The van der Waals surface area contributed by atoms with E-state index < -0.39 is 5.97 Å². The third kappa shape index (κ3) is 5.82. The number of aryl methyl sites for hydroxylation is 1. The average molecular weight is 415 g/mol. The Morgan fingerprint density at radius 3 is 2.63 bits per heavy atom. The van der Waals surface area contributed by atoms with Crippen LogP contribution in [0.5, 0.6) is 6.01 Å². The van der Waals surface area contributed by atoms with Gasteiger partial charge in [0.2, 0.25) is 0 Å². The largest absolute Gasteiger partial charge is 0.481 e. The van der Waals surface area contributed by atoms with Crippen molar-refractivity contribution in [2.45, 2.75) is 45.6 Å². The van der Waals surface area contributed by atoms with E-state index in [4.69, 9.17) is 14.6 Å². The van der Waals surface area contributed by atoms with Gasteiger partial charge in [-0.15, -0.1) is 0 Å². The number of rotatable bonds is 10. The van der Waals surface area contributed by atoms with Crippen molar-refractivity contribution < 1.29 is 19.4 Å². The van der Waals surface area contributed by atoms with E-state index in [1.165, 1.54) is 0 Å². The van der Waals surface area contributed by atoms with Crippen molar-refractivity contribution in [3.05, 3.63) is 36.2 Å². The molecule has 2 aromatic rings. The molecule has 0 bridgehead atoms. The molecular weight excluding hydrogens is 384 g/mol. The van der Waals surface area contributed by atoms with Gasteiger partial charge in [-0.2, -0.15) is 0 Å². The molecular formula is C22H30N4O4. The van der Waals surface area contributed by atoms with Crippen molar-refractivity contribution in [3.8, 4) is 6.01 Å². The Balaban J connectivity index is 1.88. The molecule has 2 heterocycles. The zero-order chi connectivity index (χ0) is 21.3. The molecule has 1 aliphatic heterocycles. The van der Waals surface area contributed by atoms with Crippen LogP contribution in [-0.2, 0) is 16.0 Å². The van der Waals surface area contributed by atoms with E-state index in [-0.39, 0.29) is 6.42 Å². The highest BCUT2D eigenvalue weighted by atomic mass is 16.5. The Bertz CT molecular complexity index is 822. The minimum atomic E-state index is -0.800. The first-order valence-electron chi connectivity index (χ1n) is 10.5. The maximum absolute atomic E-state index is 11.0. The lowest BCUT2D eigenvalue weighted by molar-refractivity contribution is -0.136. The topological polar surface area (TPSA) is 96.8 Å². The second-order valence-corrected chi connectivity index (χ2v) is 7.19. The lowest BCUT2D eigenvalue weighted by Crippen LogP contribution is -2.39. The maximum Gasteiger partial charge on any atom is 0.316 e. The average Bonchev–Trinajstić information content (AvgIpc) is 2.76.